The highest BCUT2D eigenvalue weighted by Crippen LogP contribution is 2.16. The van der Waals surface area contributed by atoms with E-state index in [1.165, 1.54) is 24.3 Å². The van der Waals surface area contributed by atoms with Gasteiger partial charge >= 0.3 is 0 Å². The Morgan fingerprint density at radius 2 is 2.00 bits per heavy atom. The molecular weight excluding hydrogens is 261 g/mol. The van der Waals surface area contributed by atoms with E-state index in [-0.39, 0.29) is 11.7 Å². The van der Waals surface area contributed by atoms with Gasteiger partial charge < -0.3 is 10.1 Å². The van der Waals surface area contributed by atoms with Crippen LogP contribution in [0.2, 0.25) is 0 Å². The Labute approximate surface area is 116 Å². The van der Waals surface area contributed by atoms with Gasteiger partial charge in [-0.25, -0.2) is 4.39 Å². The van der Waals surface area contributed by atoms with Crippen LogP contribution in [0.1, 0.15) is 18.2 Å². The fourth-order valence-electron chi connectivity index (χ4n) is 1.60. The SMILES string of the molecule is Cc1[nH]nc(NC(=O)C(C)Oc2ccc(F)cc2)c1C. The van der Waals surface area contributed by atoms with Gasteiger partial charge in [0.2, 0.25) is 0 Å². The van der Waals surface area contributed by atoms with E-state index >= 15 is 0 Å². The summed E-state index contributed by atoms with van der Waals surface area (Å²) < 4.78 is 18.2. The third-order valence-electron chi connectivity index (χ3n) is 2.99. The number of nitrogens with zero attached hydrogens (tertiary/aromatic N) is 1. The van der Waals surface area contributed by atoms with Crippen LogP contribution in [-0.2, 0) is 4.79 Å². The number of ether oxygens (including phenoxy) is 1. The fraction of sp³-hybridized carbons (Fsp3) is 0.286. The zero-order chi connectivity index (χ0) is 14.7. The quantitative estimate of drug-likeness (QED) is 0.902. The first-order valence-electron chi connectivity index (χ1n) is 6.22. The van der Waals surface area contributed by atoms with Gasteiger partial charge in [0.1, 0.15) is 11.6 Å². The lowest BCUT2D eigenvalue weighted by molar-refractivity contribution is -0.122. The van der Waals surface area contributed by atoms with Gasteiger partial charge in [-0.15, -0.1) is 0 Å². The van der Waals surface area contributed by atoms with Crippen LogP contribution in [0.25, 0.3) is 0 Å². The number of aryl methyl sites for hydroxylation is 1. The smallest absolute Gasteiger partial charge is 0.266 e. The minimum absolute atomic E-state index is 0.316. The number of H-pyrrole nitrogens is 1. The number of benzene rings is 1. The van der Waals surface area contributed by atoms with Crippen molar-refractivity contribution in [1.29, 1.82) is 0 Å². The minimum Gasteiger partial charge on any atom is -0.481 e. The Morgan fingerprint density at radius 1 is 1.35 bits per heavy atom. The van der Waals surface area contributed by atoms with Gasteiger partial charge in [-0.2, -0.15) is 5.10 Å². The van der Waals surface area contributed by atoms with E-state index < -0.39 is 6.10 Å². The average Bonchev–Trinajstić information content (AvgIpc) is 2.73. The first-order valence-corrected chi connectivity index (χ1v) is 6.22. The van der Waals surface area contributed by atoms with E-state index in [2.05, 4.69) is 15.5 Å². The molecule has 0 radical (unpaired) electrons. The molecule has 1 unspecified atom stereocenters. The number of rotatable bonds is 4. The number of halogens is 1. The molecule has 0 saturated heterocycles. The Bertz CT molecular complexity index is 607. The molecule has 0 aliphatic rings. The molecule has 0 fully saturated rings. The molecule has 1 atom stereocenters. The van der Waals surface area contributed by atoms with Crippen LogP contribution < -0.4 is 10.1 Å². The Balaban J connectivity index is 1.98. The molecular formula is C14H16FN3O2. The lowest BCUT2D eigenvalue weighted by atomic mass is 10.2. The van der Waals surface area contributed by atoms with Crippen molar-refractivity contribution < 1.29 is 13.9 Å². The maximum Gasteiger partial charge on any atom is 0.266 e. The second kappa shape index (κ2) is 5.73. The summed E-state index contributed by atoms with van der Waals surface area (Å²) in [5.74, 6) is 0.257. The summed E-state index contributed by atoms with van der Waals surface area (Å²) in [6, 6.07) is 5.51. The number of anilines is 1. The number of aromatic amines is 1. The van der Waals surface area contributed by atoms with Crippen LogP contribution in [0, 0.1) is 19.7 Å². The molecule has 1 aromatic heterocycles. The lowest BCUT2D eigenvalue weighted by Gasteiger charge is -2.14. The Hall–Kier alpha value is -2.37. The van der Waals surface area contributed by atoms with Gasteiger partial charge in [0.15, 0.2) is 11.9 Å². The van der Waals surface area contributed by atoms with Crippen molar-refractivity contribution in [3.05, 3.63) is 41.3 Å². The molecule has 2 rings (SSSR count). The standard InChI is InChI=1S/C14H16FN3O2/c1-8-9(2)17-18-13(8)16-14(19)10(3)20-12-6-4-11(15)5-7-12/h4-7,10H,1-3H3,(H2,16,17,18,19). The number of amides is 1. The van der Waals surface area contributed by atoms with Crippen molar-refractivity contribution in [1.82, 2.24) is 10.2 Å². The summed E-state index contributed by atoms with van der Waals surface area (Å²) >= 11 is 0. The zero-order valence-corrected chi connectivity index (χ0v) is 11.5. The van der Waals surface area contributed by atoms with Crippen molar-refractivity contribution in [3.8, 4) is 5.75 Å². The van der Waals surface area contributed by atoms with Gasteiger partial charge in [0, 0.05) is 11.3 Å². The summed E-state index contributed by atoms with van der Waals surface area (Å²) in [5, 5.41) is 9.47. The van der Waals surface area contributed by atoms with Gasteiger partial charge in [-0.05, 0) is 45.0 Å². The molecule has 0 aliphatic heterocycles. The third-order valence-corrected chi connectivity index (χ3v) is 2.99. The van der Waals surface area contributed by atoms with Crippen LogP contribution >= 0.6 is 0 Å². The van der Waals surface area contributed by atoms with E-state index in [1.807, 2.05) is 13.8 Å². The largest absolute Gasteiger partial charge is 0.481 e. The van der Waals surface area contributed by atoms with Crippen molar-refractivity contribution in [2.45, 2.75) is 26.9 Å². The van der Waals surface area contributed by atoms with Crippen LogP contribution in [0.3, 0.4) is 0 Å². The minimum atomic E-state index is -0.711. The summed E-state index contributed by atoms with van der Waals surface area (Å²) in [6.07, 6.45) is -0.711. The van der Waals surface area contributed by atoms with Gasteiger partial charge in [0.05, 0.1) is 0 Å². The normalized spacial score (nSPS) is 12.0. The molecule has 1 amide bonds. The highest BCUT2D eigenvalue weighted by Gasteiger charge is 2.17. The van der Waals surface area contributed by atoms with Crippen molar-refractivity contribution in [3.63, 3.8) is 0 Å². The third kappa shape index (κ3) is 3.14. The van der Waals surface area contributed by atoms with Crippen LogP contribution in [-0.4, -0.2) is 22.2 Å². The molecule has 1 aromatic carbocycles. The monoisotopic (exact) mass is 277 g/mol. The van der Waals surface area contributed by atoms with E-state index in [4.69, 9.17) is 4.74 Å². The van der Waals surface area contributed by atoms with Crippen LogP contribution in [0.4, 0.5) is 10.2 Å². The highest BCUT2D eigenvalue weighted by molar-refractivity contribution is 5.93. The van der Waals surface area contributed by atoms with Crippen molar-refractivity contribution >= 4 is 11.7 Å². The summed E-state index contributed by atoms with van der Waals surface area (Å²) in [7, 11) is 0. The number of aromatic nitrogens is 2. The number of carbonyl (C=O) groups excluding carboxylic acids is 1. The molecule has 1 heterocycles. The molecule has 0 spiro atoms. The molecule has 0 aliphatic carbocycles. The fourth-order valence-corrected chi connectivity index (χ4v) is 1.60. The predicted octanol–water partition coefficient (Wildman–Crippen LogP) is 2.57. The molecule has 6 heteroatoms. The van der Waals surface area contributed by atoms with Crippen molar-refractivity contribution in [2.24, 2.45) is 0 Å². The highest BCUT2D eigenvalue weighted by atomic mass is 19.1. The molecule has 20 heavy (non-hydrogen) atoms. The first kappa shape index (κ1) is 14.0. The van der Waals surface area contributed by atoms with Crippen LogP contribution in [0.15, 0.2) is 24.3 Å². The lowest BCUT2D eigenvalue weighted by Crippen LogP contribution is -2.30. The molecule has 0 saturated carbocycles. The number of carbonyl (C=O) groups is 1. The second-order valence-electron chi connectivity index (χ2n) is 4.53. The first-order chi connectivity index (χ1) is 9.47. The van der Waals surface area contributed by atoms with Gasteiger partial charge in [0.25, 0.3) is 5.91 Å². The number of hydrogen-bond acceptors (Lipinski definition) is 3. The molecule has 106 valence electrons. The summed E-state index contributed by atoms with van der Waals surface area (Å²) in [5.41, 5.74) is 1.78. The van der Waals surface area contributed by atoms with Gasteiger partial charge in [-0.1, -0.05) is 0 Å². The Kier molecular flexibility index (Phi) is 4.02. The summed E-state index contributed by atoms with van der Waals surface area (Å²) in [6.45, 7) is 5.35. The van der Waals surface area contributed by atoms with Crippen molar-refractivity contribution in [2.75, 3.05) is 5.32 Å². The van der Waals surface area contributed by atoms with E-state index in [0.29, 0.717) is 11.6 Å². The predicted molar refractivity (Wildman–Crippen MR) is 73.2 cm³/mol. The van der Waals surface area contributed by atoms with E-state index in [0.717, 1.165) is 11.3 Å². The average molecular weight is 277 g/mol. The van der Waals surface area contributed by atoms with E-state index in [9.17, 15) is 9.18 Å². The molecule has 0 bridgehead atoms. The number of hydrogen-bond donors (Lipinski definition) is 2. The second-order valence-corrected chi connectivity index (χ2v) is 4.53. The topological polar surface area (TPSA) is 67.0 Å². The maximum atomic E-state index is 12.8. The zero-order valence-electron chi connectivity index (χ0n) is 11.5. The molecule has 5 nitrogen and oxygen atoms in total. The number of nitrogens with one attached hydrogen (secondary N) is 2. The maximum absolute atomic E-state index is 12.8. The van der Waals surface area contributed by atoms with Gasteiger partial charge in [-0.3, -0.25) is 9.89 Å². The summed E-state index contributed by atoms with van der Waals surface area (Å²) in [4.78, 5) is 12.0. The van der Waals surface area contributed by atoms with Crippen LogP contribution in [0.5, 0.6) is 5.75 Å². The molecule has 2 aromatic rings. The Morgan fingerprint density at radius 3 is 2.55 bits per heavy atom. The molecule has 2 N–H and O–H groups in total. The van der Waals surface area contributed by atoms with E-state index in [1.54, 1.807) is 6.92 Å².